The number of nitrogens with one attached hydrogen (secondary N) is 2. The first-order valence-corrected chi connectivity index (χ1v) is 10.0. The average molecular weight is 411 g/mol. The Balaban J connectivity index is 1.37. The molecule has 1 fully saturated rings. The molecule has 29 heavy (non-hydrogen) atoms. The summed E-state index contributed by atoms with van der Waals surface area (Å²) in [6.45, 7) is 3.93. The van der Waals surface area contributed by atoms with Crippen LogP contribution in [0.5, 0.6) is 0 Å². The van der Waals surface area contributed by atoms with Gasteiger partial charge in [-0.3, -0.25) is 14.3 Å². The zero-order valence-electron chi connectivity index (χ0n) is 16.4. The monoisotopic (exact) mass is 410 g/mol. The average Bonchev–Trinajstić information content (AvgIpc) is 3.14. The molecule has 1 aliphatic rings. The molecular weight excluding hydrogens is 388 g/mol. The minimum absolute atomic E-state index is 0.188. The maximum absolute atomic E-state index is 12.1. The van der Waals surface area contributed by atoms with Crippen molar-refractivity contribution in [1.82, 2.24) is 19.5 Å². The summed E-state index contributed by atoms with van der Waals surface area (Å²) < 4.78 is 1.49. The molecule has 0 aromatic carbocycles. The predicted molar refractivity (Wildman–Crippen MR) is 115 cm³/mol. The van der Waals surface area contributed by atoms with Crippen LogP contribution in [0.25, 0.3) is 5.69 Å². The maximum Gasteiger partial charge on any atom is 0.273 e. The van der Waals surface area contributed by atoms with Crippen LogP contribution in [0.3, 0.4) is 0 Å². The number of hydrogen-bond acceptors (Lipinski definition) is 6. The van der Waals surface area contributed by atoms with Crippen LogP contribution in [0.4, 0.5) is 11.6 Å². The van der Waals surface area contributed by atoms with Crippen molar-refractivity contribution in [3.05, 3.63) is 69.6 Å². The molecule has 0 spiro atoms. The third kappa shape index (κ3) is 4.40. The lowest BCUT2D eigenvalue weighted by atomic mass is 10.2. The van der Waals surface area contributed by atoms with Gasteiger partial charge in [-0.15, -0.1) is 0 Å². The van der Waals surface area contributed by atoms with E-state index in [9.17, 15) is 4.79 Å². The highest BCUT2D eigenvalue weighted by Gasteiger charge is 2.25. The lowest BCUT2D eigenvalue weighted by molar-refractivity contribution is 0.718. The van der Waals surface area contributed by atoms with Crippen LogP contribution < -0.4 is 16.2 Å². The summed E-state index contributed by atoms with van der Waals surface area (Å²) in [7, 11) is 0. The van der Waals surface area contributed by atoms with E-state index in [1.807, 2.05) is 26.0 Å². The molecule has 3 aromatic rings. The number of nitrogens with zero attached hydrogens (tertiary/aromatic N) is 4. The number of halogens is 1. The topological polar surface area (TPSA) is 84.7 Å². The molecule has 0 radical (unpaired) electrons. The lowest BCUT2D eigenvalue weighted by Crippen LogP contribution is -2.22. The molecule has 0 bridgehead atoms. The zero-order valence-corrected chi connectivity index (χ0v) is 17.1. The molecule has 4 rings (SSSR count). The number of hydrogen-bond donors (Lipinski definition) is 2. The third-order valence-corrected chi connectivity index (χ3v) is 5.54. The normalized spacial score (nSPS) is 18.6. The van der Waals surface area contributed by atoms with E-state index in [1.165, 1.54) is 4.57 Å². The SMILES string of the molecule is Cc1ncc(N[C@H]2CC[C@H](Nc3ccc(-n4cccc(Cl)c4=O)cn3)C2)nc1C. The van der Waals surface area contributed by atoms with Crippen LogP contribution >= 0.6 is 11.6 Å². The predicted octanol–water partition coefficient (Wildman–Crippen LogP) is 3.74. The van der Waals surface area contributed by atoms with Crippen LogP contribution in [-0.2, 0) is 0 Å². The second-order valence-corrected chi connectivity index (χ2v) is 7.76. The van der Waals surface area contributed by atoms with Gasteiger partial charge >= 0.3 is 0 Å². The molecule has 2 atom stereocenters. The highest BCUT2D eigenvalue weighted by molar-refractivity contribution is 6.30. The molecule has 0 unspecified atom stereocenters. The molecule has 150 valence electrons. The first-order valence-electron chi connectivity index (χ1n) is 9.66. The Kier molecular flexibility index (Phi) is 5.49. The van der Waals surface area contributed by atoms with Gasteiger partial charge in [0, 0.05) is 18.3 Å². The summed E-state index contributed by atoms with van der Waals surface area (Å²) in [6.07, 6.45) is 8.24. The summed E-state index contributed by atoms with van der Waals surface area (Å²) in [6, 6.07) is 7.76. The fourth-order valence-electron chi connectivity index (χ4n) is 3.56. The summed E-state index contributed by atoms with van der Waals surface area (Å²) in [5.41, 5.74) is 2.33. The maximum atomic E-state index is 12.1. The first-order chi connectivity index (χ1) is 14.0. The van der Waals surface area contributed by atoms with Gasteiger partial charge < -0.3 is 10.6 Å². The van der Waals surface area contributed by atoms with Gasteiger partial charge in [-0.05, 0) is 57.4 Å². The number of pyridine rings is 2. The van der Waals surface area contributed by atoms with E-state index >= 15 is 0 Å². The Morgan fingerprint density at radius 3 is 2.45 bits per heavy atom. The molecule has 1 aliphatic carbocycles. The van der Waals surface area contributed by atoms with Crippen LogP contribution in [0.1, 0.15) is 30.7 Å². The first kappa shape index (κ1) is 19.4. The van der Waals surface area contributed by atoms with Crippen LogP contribution in [0.2, 0.25) is 5.02 Å². The molecule has 3 aromatic heterocycles. The number of rotatable bonds is 5. The van der Waals surface area contributed by atoms with E-state index in [2.05, 4.69) is 25.6 Å². The van der Waals surface area contributed by atoms with Crippen LogP contribution in [0.15, 0.2) is 47.7 Å². The van der Waals surface area contributed by atoms with Crippen molar-refractivity contribution in [1.29, 1.82) is 0 Å². The van der Waals surface area contributed by atoms with E-state index in [-0.39, 0.29) is 10.6 Å². The smallest absolute Gasteiger partial charge is 0.273 e. The molecule has 3 heterocycles. The minimum atomic E-state index is -0.254. The Morgan fingerprint density at radius 2 is 1.76 bits per heavy atom. The Labute approximate surface area is 174 Å². The fourth-order valence-corrected chi connectivity index (χ4v) is 3.72. The second kappa shape index (κ2) is 8.21. The van der Waals surface area contributed by atoms with Crippen LogP contribution in [0, 0.1) is 13.8 Å². The molecule has 7 nitrogen and oxygen atoms in total. The van der Waals surface area contributed by atoms with Gasteiger partial charge in [0.15, 0.2) is 0 Å². The Morgan fingerprint density at radius 1 is 1.00 bits per heavy atom. The molecule has 2 N–H and O–H groups in total. The van der Waals surface area contributed by atoms with Gasteiger partial charge in [0.05, 0.1) is 29.5 Å². The summed E-state index contributed by atoms with van der Waals surface area (Å²) in [4.78, 5) is 25.5. The van der Waals surface area contributed by atoms with E-state index in [1.54, 1.807) is 30.7 Å². The third-order valence-electron chi connectivity index (χ3n) is 5.26. The summed E-state index contributed by atoms with van der Waals surface area (Å²) in [5, 5.41) is 7.15. The van der Waals surface area contributed by atoms with Crippen molar-refractivity contribution in [3.63, 3.8) is 0 Å². The highest BCUT2D eigenvalue weighted by atomic mass is 35.5. The van der Waals surface area contributed by atoms with Crippen molar-refractivity contribution < 1.29 is 0 Å². The summed E-state index contributed by atoms with van der Waals surface area (Å²) >= 11 is 5.92. The largest absolute Gasteiger partial charge is 0.367 e. The molecule has 0 amide bonds. The van der Waals surface area contributed by atoms with E-state index in [0.29, 0.717) is 17.8 Å². The molecule has 8 heteroatoms. The van der Waals surface area contributed by atoms with Gasteiger partial charge in [-0.2, -0.15) is 0 Å². The number of anilines is 2. The Hall–Kier alpha value is -2.93. The van der Waals surface area contributed by atoms with Crippen LogP contribution in [-0.4, -0.2) is 31.6 Å². The molecule has 0 saturated heterocycles. The van der Waals surface area contributed by atoms with E-state index in [4.69, 9.17) is 11.6 Å². The van der Waals surface area contributed by atoms with Crippen molar-refractivity contribution in [3.8, 4) is 5.69 Å². The van der Waals surface area contributed by atoms with E-state index in [0.717, 1.165) is 42.3 Å². The minimum Gasteiger partial charge on any atom is -0.367 e. The van der Waals surface area contributed by atoms with Gasteiger partial charge in [0.1, 0.15) is 16.7 Å². The van der Waals surface area contributed by atoms with Gasteiger partial charge in [-0.1, -0.05) is 11.6 Å². The Bertz CT molecular complexity index is 1070. The molecule has 1 saturated carbocycles. The standard InChI is InChI=1S/C21H23ClN6O/c1-13-14(2)25-20(12-23-13)27-16-6-5-15(10-16)26-19-8-7-17(11-24-19)28-9-3-4-18(22)21(28)29/h3-4,7-9,11-12,15-16H,5-6,10H2,1-2H3,(H,24,26)(H,25,27)/t15-,16-/m0/s1. The fraction of sp³-hybridized carbons (Fsp3) is 0.333. The van der Waals surface area contributed by atoms with Gasteiger partial charge in [-0.25, -0.2) is 9.97 Å². The van der Waals surface area contributed by atoms with Crippen molar-refractivity contribution in [2.45, 2.75) is 45.2 Å². The summed E-state index contributed by atoms with van der Waals surface area (Å²) in [5.74, 6) is 1.62. The molecule has 0 aliphatic heterocycles. The second-order valence-electron chi connectivity index (χ2n) is 7.35. The van der Waals surface area contributed by atoms with Crippen molar-refractivity contribution in [2.24, 2.45) is 0 Å². The van der Waals surface area contributed by atoms with Gasteiger partial charge in [0.25, 0.3) is 5.56 Å². The lowest BCUT2D eigenvalue weighted by Gasteiger charge is -2.16. The van der Waals surface area contributed by atoms with Crippen molar-refractivity contribution in [2.75, 3.05) is 10.6 Å². The number of aromatic nitrogens is 4. The van der Waals surface area contributed by atoms with Gasteiger partial charge in [0.2, 0.25) is 0 Å². The zero-order chi connectivity index (χ0) is 20.4. The number of aryl methyl sites for hydroxylation is 2. The quantitative estimate of drug-likeness (QED) is 0.666. The molecular formula is C21H23ClN6O. The van der Waals surface area contributed by atoms with Crippen molar-refractivity contribution >= 4 is 23.2 Å². The highest BCUT2D eigenvalue weighted by Crippen LogP contribution is 2.25. The van der Waals surface area contributed by atoms with E-state index < -0.39 is 0 Å².